The van der Waals surface area contributed by atoms with E-state index in [1.807, 2.05) is 0 Å². The van der Waals surface area contributed by atoms with Gasteiger partial charge in [-0.15, -0.1) is 0 Å². The van der Waals surface area contributed by atoms with Crippen molar-refractivity contribution in [3.63, 3.8) is 0 Å². The number of nitrogens with zero attached hydrogens (tertiary/aromatic N) is 2. The van der Waals surface area contributed by atoms with Crippen LogP contribution in [-0.2, 0) is 0 Å². The molecule has 0 spiro atoms. The maximum absolute atomic E-state index is 5.41. The second-order valence-electron chi connectivity index (χ2n) is 1.69. The highest BCUT2D eigenvalue weighted by Gasteiger charge is 2.06. The second kappa shape index (κ2) is 2.45. The summed E-state index contributed by atoms with van der Waals surface area (Å²) in [6, 6.07) is -0.191. The van der Waals surface area contributed by atoms with Crippen molar-refractivity contribution in [3.05, 3.63) is 10.6 Å². The zero-order valence-electron chi connectivity index (χ0n) is 4.84. The van der Waals surface area contributed by atoms with Gasteiger partial charge in [-0.2, -0.15) is 4.98 Å². The van der Waals surface area contributed by atoms with Crippen LogP contribution in [0.5, 0.6) is 0 Å². The number of hydrogen-bond acceptors (Lipinski definition) is 4. The molecule has 1 atom stereocenters. The van der Waals surface area contributed by atoms with Crippen molar-refractivity contribution < 1.29 is 4.52 Å². The predicted molar refractivity (Wildman–Crippen MR) is 34.6 cm³/mol. The highest BCUT2D eigenvalue weighted by Crippen LogP contribution is 2.08. The molecule has 0 aromatic carbocycles. The standard InChI is InChI=1S/C4H6BrN3O/c1-2(6)3-7-4(5)8-9-3/h2H,6H2,1H3/t2-/m1/s1. The lowest BCUT2D eigenvalue weighted by molar-refractivity contribution is 0.359. The monoisotopic (exact) mass is 191 g/mol. The molecule has 5 heteroatoms. The fourth-order valence-electron chi connectivity index (χ4n) is 0.401. The Balaban J connectivity index is 2.85. The number of rotatable bonds is 1. The summed E-state index contributed by atoms with van der Waals surface area (Å²) in [6.07, 6.45) is 0. The third kappa shape index (κ3) is 1.49. The van der Waals surface area contributed by atoms with Gasteiger partial charge in [0, 0.05) is 0 Å². The summed E-state index contributed by atoms with van der Waals surface area (Å²) in [7, 11) is 0. The smallest absolute Gasteiger partial charge is 0.244 e. The van der Waals surface area contributed by atoms with Crippen molar-refractivity contribution in [2.75, 3.05) is 0 Å². The molecule has 1 rings (SSSR count). The summed E-state index contributed by atoms with van der Waals surface area (Å²) < 4.78 is 5.13. The van der Waals surface area contributed by atoms with Gasteiger partial charge >= 0.3 is 0 Å². The van der Waals surface area contributed by atoms with Crippen LogP contribution in [0.2, 0.25) is 0 Å². The summed E-state index contributed by atoms with van der Waals surface area (Å²) in [4.78, 5) is 3.82. The van der Waals surface area contributed by atoms with E-state index in [-0.39, 0.29) is 6.04 Å². The summed E-state index contributed by atoms with van der Waals surface area (Å²) in [5, 5.41) is 3.49. The maximum Gasteiger partial charge on any atom is 0.244 e. The maximum atomic E-state index is 5.41. The number of aromatic nitrogens is 2. The molecule has 9 heavy (non-hydrogen) atoms. The van der Waals surface area contributed by atoms with Crippen LogP contribution in [0.25, 0.3) is 0 Å². The van der Waals surface area contributed by atoms with Gasteiger partial charge in [0.05, 0.1) is 6.04 Å². The molecule has 50 valence electrons. The van der Waals surface area contributed by atoms with Gasteiger partial charge in [-0.25, -0.2) is 0 Å². The van der Waals surface area contributed by atoms with Gasteiger partial charge in [-0.3, -0.25) is 0 Å². The topological polar surface area (TPSA) is 64.9 Å². The largest absolute Gasteiger partial charge is 0.337 e. The fourth-order valence-corrected chi connectivity index (χ4v) is 0.648. The lowest BCUT2D eigenvalue weighted by Gasteiger charge is -1.91. The first-order chi connectivity index (χ1) is 4.20. The molecule has 0 aliphatic heterocycles. The van der Waals surface area contributed by atoms with Crippen LogP contribution in [-0.4, -0.2) is 10.1 Å². The van der Waals surface area contributed by atoms with Gasteiger partial charge in [0.25, 0.3) is 0 Å². The average Bonchev–Trinajstić information content (AvgIpc) is 2.14. The van der Waals surface area contributed by atoms with Gasteiger partial charge < -0.3 is 10.3 Å². The Hall–Kier alpha value is -0.420. The van der Waals surface area contributed by atoms with Gasteiger partial charge in [-0.05, 0) is 28.0 Å². The molecule has 0 aliphatic carbocycles. The molecule has 0 fully saturated rings. The molecule has 0 bridgehead atoms. The Morgan fingerprint density at radius 2 is 2.44 bits per heavy atom. The van der Waals surface area contributed by atoms with Gasteiger partial charge in [0.15, 0.2) is 0 Å². The van der Waals surface area contributed by atoms with E-state index < -0.39 is 0 Å². The molecule has 2 N–H and O–H groups in total. The molecule has 4 nitrogen and oxygen atoms in total. The van der Waals surface area contributed by atoms with Crippen molar-refractivity contribution in [1.29, 1.82) is 0 Å². The third-order valence-corrected chi connectivity index (χ3v) is 1.13. The molecule has 0 saturated carbocycles. The molecule has 1 heterocycles. The number of hydrogen-bond donors (Lipinski definition) is 1. The molecule has 0 amide bonds. The highest BCUT2D eigenvalue weighted by molar-refractivity contribution is 9.10. The quantitative estimate of drug-likeness (QED) is 0.716. The molecule has 0 aliphatic rings. The van der Waals surface area contributed by atoms with E-state index in [4.69, 9.17) is 10.3 Å². The van der Waals surface area contributed by atoms with Crippen LogP contribution in [0, 0.1) is 0 Å². The Kier molecular flexibility index (Phi) is 1.82. The Morgan fingerprint density at radius 3 is 2.67 bits per heavy atom. The van der Waals surface area contributed by atoms with E-state index in [2.05, 4.69) is 26.1 Å². The van der Waals surface area contributed by atoms with Crippen LogP contribution in [0.15, 0.2) is 9.26 Å². The highest BCUT2D eigenvalue weighted by atomic mass is 79.9. The summed E-state index contributed by atoms with van der Waals surface area (Å²) >= 11 is 3.03. The first-order valence-electron chi connectivity index (χ1n) is 2.45. The van der Waals surface area contributed by atoms with Crippen molar-refractivity contribution in [3.8, 4) is 0 Å². The lowest BCUT2D eigenvalue weighted by atomic mass is 10.4. The van der Waals surface area contributed by atoms with Crippen LogP contribution in [0.3, 0.4) is 0 Å². The van der Waals surface area contributed by atoms with E-state index in [1.165, 1.54) is 0 Å². The minimum absolute atomic E-state index is 0.191. The van der Waals surface area contributed by atoms with Crippen LogP contribution in [0.4, 0.5) is 0 Å². The molecule has 1 aromatic heterocycles. The van der Waals surface area contributed by atoms with Crippen LogP contribution >= 0.6 is 15.9 Å². The minimum Gasteiger partial charge on any atom is -0.337 e. The normalized spacial score (nSPS) is 13.7. The number of nitrogens with two attached hydrogens (primary N) is 1. The third-order valence-electron chi connectivity index (χ3n) is 0.806. The molecule has 1 aromatic rings. The SMILES string of the molecule is C[C@@H](N)c1nc(Br)no1. The van der Waals surface area contributed by atoms with E-state index in [0.29, 0.717) is 10.6 Å². The zero-order valence-corrected chi connectivity index (χ0v) is 6.42. The number of halogens is 1. The zero-order chi connectivity index (χ0) is 6.85. The Labute approximate surface area is 60.6 Å². The molecule has 0 saturated heterocycles. The van der Waals surface area contributed by atoms with Gasteiger partial charge in [-0.1, -0.05) is 0 Å². The van der Waals surface area contributed by atoms with Gasteiger partial charge in [0.1, 0.15) is 0 Å². The predicted octanol–water partition coefficient (Wildman–Crippen LogP) is 0.852. The summed E-state index contributed by atoms with van der Waals surface area (Å²) in [6.45, 7) is 1.78. The van der Waals surface area contributed by atoms with Crippen molar-refractivity contribution in [2.24, 2.45) is 5.73 Å². The van der Waals surface area contributed by atoms with E-state index >= 15 is 0 Å². The second-order valence-corrected chi connectivity index (χ2v) is 2.40. The summed E-state index contributed by atoms with van der Waals surface area (Å²) in [5.41, 5.74) is 5.41. The lowest BCUT2D eigenvalue weighted by Crippen LogP contribution is -2.04. The molecular formula is C4H6BrN3O. The van der Waals surface area contributed by atoms with Crippen LogP contribution < -0.4 is 5.73 Å². The van der Waals surface area contributed by atoms with E-state index in [9.17, 15) is 0 Å². The Bertz CT molecular complexity index is 197. The van der Waals surface area contributed by atoms with Crippen molar-refractivity contribution in [1.82, 2.24) is 10.1 Å². The molecular weight excluding hydrogens is 186 g/mol. The van der Waals surface area contributed by atoms with Gasteiger partial charge in [0.2, 0.25) is 10.6 Å². The first-order valence-corrected chi connectivity index (χ1v) is 3.24. The Morgan fingerprint density at radius 1 is 1.78 bits per heavy atom. The molecule has 0 unspecified atom stereocenters. The van der Waals surface area contributed by atoms with Crippen molar-refractivity contribution in [2.45, 2.75) is 13.0 Å². The summed E-state index contributed by atoms with van der Waals surface area (Å²) in [5.74, 6) is 0.446. The first kappa shape index (κ1) is 6.70. The minimum atomic E-state index is -0.191. The molecule has 0 radical (unpaired) electrons. The fraction of sp³-hybridized carbons (Fsp3) is 0.500. The van der Waals surface area contributed by atoms with Crippen molar-refractivity contribution >= 4 is 15.9 Å². The van der Waals surface area contributed by atoms with Crippen LogP contribution in [0.1, 0.15) is 18.9 Å². The van der Waals surface area contributed by atoms with E-state index in [1.54, 1.807) is 6.92 Å². The van der Waals surface area contributed by atoms with E-state index in [0.717, 1.165) is 0 Å². The average molecular weight is 192 g/mol.